The van der Waals surface area contributed by atoms with Gasteiger partial charge in [-0.25, -0.2) is 0 Å². The molecule has 0 fully saturated rings. The van der Waals surface area contributed by atoms with Crippen molar-refractivity contribution in [1.29, 1.82) is 5.26 Å². The van der Waals surface area contributed by atoms with E-state index in [1.165, 1.54) is 0 Å². The molecule has 1 N–H and O–H groups in total. The van der Waals surface area contributed by atoms with Crippen molar-refractivity contribution in [3.8, 4) is 11.8 Å². The molecule has 2 aromatic rings. The van der Waals surface area contributed by atoms with Gasteiger partial charge in [-0.1, -0.05) is 30.3 Å². The predicted molar refractivity (Wildman–Crippen MR) is 113 cm³/mol. The average Bonchev–Trinajstić information content (AvgIpc) is 2.73. The fraction of sp³-hybridized carbons (Fsp3) is 0.304. The van der Waals surface area contributed by atoms with Crippen molar-refractivity contribution in [2.45, 2.75) is 26.8 Å². The zero-order valence-corrected chi connectivity index (χ0v) is 16.9. The molecule has 28 heavy (non-hydrogen) atoms. The van der Waals surface area contributed by atoms with Crippen LogP contribution in [0.25, 0.3) is 6.08 Å². The first-order valence-corrected chi connectivity index (χ1v) is 9.44. The molecule has 0 aromatic heterocycles. The monoisotopic (exact) mass is 377 g/mol. The topological polar surface area (TPSA) is 65.4 Å². The lowest BCUT2D eigenvalue weighted by molar-refractivity contribution is -0.117. The minimum Gasteiger partial charge on any atom is -0.496 e. The number of nitrogens with one attached hydrogen (secondary N) is 1. The van der Waals surface area contributed by atoms with Gasteiger partial charge in [-0.05, 0) is 44.5 Å². The molecule has 0 saturated heterocycles. The van der Waals surface area contributed by atoms with Crippen LogP contribution in [0.1, 0.15) is 37.9 Å². The van der Waals surface area contributed by atoms with Crippen LogP contribution in [0.3, 0.4) is 0 Å². The Kier molecular flexibility index (Phi) is 7.65. The SMILES string of the molecule is CCN(CC)c1ccc(/C=C(/C#N)C(=O)N[C@@H](C)c2ccccc2)c(OC)c1. The van der Waals surface area contributed by atoms with E-state index in [1.807, 2.05) is 61.5 Å². The molecule has 0 heterocycles. The van der Waals surface area contributed by atoms with Gasteiger partial charge in [-0.3, -0.25) is 4.79 Å². The molecule has 1 atom stereocenters. The van der Waals surface area contributed by atoms with Gasteiger partial charge in [0.2, 0.25) is 0 Å². The van der Waals surface area contributed by atoms with Gasteiger partial charge in [-0.2, -0.15) is 5.26 Å². The number of amides is 1. The second kappa shape index (κ2) is 10.2. The summed E-state index contributed by atoms with van der Waals surface area (Å²) in [6.07, 6.45) is 1.57. The first kappa shape index (κ1) is 21.0. The maximum Gasteiger partial charge on any atom is 0.262 e. The van der Waals surface area contributed by atoms with Crippen molar-refractivity contribution in [2.24, 2.45) is 0 Å². The number of hydrogen-bond acceptors (Lipinski definition) is 4. The van der Waals surface area contributed by atoms with Crippen LogP contribution in [0.2, 0.25) is 0 Å². The van der Waals surface area contributed by atoms with Crippen LogP contribution in [-0.4, -0.2) is 26.1 Å². The summed E-state index contributed by atoms with van der Waals surface area (Å²) < 4.78 is 5.49. The van der Waals surface area contributed by atoms with Gasteiger partial charge in [0.1, 0.15) is 17.4 Å². The summed E-state index contributed by atoms with van der Waals surface area (Å²) in [5, 5.41) is 12.4. The highest BCUT2D eigenvalue weighted by atomic mass is 16.5. The number of hydrogen-bond donors (Lipinski definition) is 1. The number of anilines is 1. The molecule has 0 bridgehead atoms. The highest BCUT2D eigenvalue weighted by molar-refractivity contribution is 6.02. The van der Waals surface area contributed by atoms with Crippen LogP contribution < -0.4 is 15.0 Å². The quantitative estimate of drug-likeness (QED) is 0.549. The fourth-order valence-electron chi connectivity index (χ4n) is 3.01. The Morgan fingerprint density at radius 3 is 2.46 bits per heavy atom. The molecule has 2 rings (SSSR count). The smallest absolute Gasteiger partial charge is 0.262 e. The minimum atomic E-state index is -0.409. The third-order valence-electron chi connectivity index (χ3n) is 4.66. The Labute approximate surface area is 167 Å². The van der Waals surface area contributed by atoms with Gasteiger partial charge >= 0.3 is 0 Å². The summed E-state index contributed by atoms with van der Waals surface area (Å²) in [7, 11) is 1.59. The summed E-state index contributed by atoms with van der Waals surface area (Å²) in [5.41, 5.74) is 2.75. The predicted octanol–water partition coefficient (Wildman–Crippen LogP) is 4.33. The van der Waals surface area contributed by atoms with Gasteiger partial charge < -0.3 is 15.0 Å². The van der Waals surface area contributed by atoms with Crippen LogP contribution in [-0.2, 0) is 4.79 Å². The average molecular weight is 377 g/mol. The van der Waals surface area contributed by atoms with E-state index in [-0.39, 0.29) is 11.6 Å². The molecular formula is C23H27N3O2. The van der Waals surface area contributed by atoms with Crippen LogP contribution in [0.15, 0.2) is 54.1 Å². The minimum absolute atomic E-state index is 0.0386. The first-order valence-electron chi connectivity index (χ1n) is 9.44. The summed E-state index contributed by atoms with van der Waals surface area (Å²) in [6, 6.07) is 17.2. The highest BCUT2D eigenvalue weighted by Gasteiger charge is 2.15. The maximum absolute atomic E-state index is 12.6. The van der Waals surface area contributed by atoms with Crippen molar-refractivity contribution in [2.75, 3.05) is 25.1 Å². The third-order valence-corrected chi connectivity index (χ3v) is 4.66. The van der Waals surface area contributed by atoms with Crippen molar-refractivity contribution in [3.63, 3.8) is 0 Å². The van der Waals surface area contributed by atoms with E-state index in [9.17, 15) is 10.1 Å². The molecular weight excluding hydrogens is 350 g/mol. The van der Waals surface area contributed by atoms with Gasteiger partial charge in [0.05, 0.1) is 13.2 Å². The summed E-state index contributed by atoms with van der Waals surface area (Å²) >= 11 is 0. The van der Waals surface area contributed by atoms with Crippen molar-refractivity contribution < 1.29 is 9.53 Å². The molecule has 5 heteroatoms. The highest BCUT2D eigenvalue weighted by Crippen LogP contribution is 2.27. The van der Waals surface area contributed by atoms with E-state index in [2.05, 4.69) is 24.1 Å². The van der Waals surface area contributed by atoms with Crippen LogP contribution in [0.4, 0.5) is 5.69 Å². The number of ether oxygens (including phenoxy) is 1. The normalized spacial score (nSPS) is 12.0. The van der Waals surface area contributed by atoms with Crippen LogP contribution in [0.5, 0.6) is 5.75 Å². The number of carbonyl (C=O) groups is 1. The number of rotatable bonds is 8. The van der Waals surface area contributed by atoms with E-state index >= 15 is 0 Å². The molecule has 2 aromatic carbocycles. The summed E-state index contributed by atoms with van der Waals surface area (Å²) in [5.74, 6) is 0.217. The number of carbonyl (C=O) groups excluding carboxylic acids is 1. The number of benzene rings is 2. The zero-order chi connectivity index (χ0) is 20.5. The van der Waals surface area contributed by atoms with Gasteiger partial charge in [0.15, 0.2) is 0 Å². The Bertz CT molecular complexity index is 865. The van der Waals surface area contributed by atoms with E-state index < -0.39 is 5.91 Å². The largest absolute Gasteiger partial charge is 0.496 e. The van der Waals surface area contributed by atoms with Crippen LogP contribution >= 0.6 is 0 Å². The lowest BCUT2D eigenvalue weighted by atomic mass is 10.1. The number of nitriles is 1. The van der Waals surface area contributed by atoms with Crippen molar-refractivity contribution in [1.82, 2.24) is 5.32 Å². The van der Waals surface area contributed by atoms with Crippen molar-refractivity contribution in [3.05, 3.63) is 65.2 Å². The Hall–Kier alpha value is -3.26. The van der Waals surface area contributed by atoms with Crippen molar-refractivity contribution >= 4 is 17.7 Å². The maximum atomic E-state index is 12.6. The molecule has 0 unspecified atom stereocenters. The standard InChI is InChI=1S/C23H27N3O2/c1-5-26(6-2)21-13-12-19(22(15-21)28-4)14-20(16-24)23(27)25-17(3)18-10-8-7-9-11-18/h7-15,17H,5-6H2,1-4H3,(H,25,27)/b20-14-/t17-/m0/s1. The van der Waals surface area contributed by atoms with E-state index in [0.29, 0.717) is 11.3 Å². The summed E-state index contributed by atoms with van der Waals surface area (Å²) in [4.78, 5) is 14.8. The van der Waals surface area contributed by atoms with Gasteiger partial charge in [-0.15, -0.1) is 0 Å². The molecule has 0 aliphatic carbocycles. The molecule has 0 saturated carbocycles. The second-order valence-electron chi connectivity index (χ2n) is 6.37. The molecule has 5 nitrogen and oxygen atoms in total. The molecule has 0 spiro atoms. The first-order chi connectivity index (χ1) is 13.5. The lowest BCUT2D eigenvalue weighted by Crippen LogP contribution is -2.27. The van der Waals surface area contributed by atoms with Gasteiger partial charge in [0.25, 0.3) is 5.91 Å². The van der Waals surface area contributed by atoms with E-state index in [4.69, 9.17) is 4.74 Å². The fourth-order valence-corrected chi connectivity index (χ4v) is 3.01. The lowest BCUT2D eigenvalue weighted by Gasteiger charge is -2.22. The molecule has 0 radical (unpaired) electrons. The molecule has 1 amide bonds. The Morgan fingerprint density at radius 2 is 1.89 bits per heavy atom. The Balaban J connectivity index is 2.25. The molecule has 0 aliphatic rings. The van der Waals surface area contributed by atoms with E-state index in [1.54, 1.807) is 13.2 Å². The third kappa shape index (κ3) is 5.14. The number of nitrogens with zero attached hydrogens (tertiary/aromatic N) is 2. The Morgan fingerprint density at radius 1 is 1.21 bits per heavy atom. The second-order valence-corrected chi connectivity index (χ2v) is 6.37. The summed E-state index contributed by atoms with van der Waals surface area (Å²) in [6.45, 7) is 7.85. The van der Waals surface area contributed by atoms with E-state index in [0.717, 1.165) is 24.3 Å². The van der Waals surface area contributed by atoms with Gasteiger partial charge in [0, 0.05) is 30.4 Å². The molecule has 146 valence electrons. The zero-order valence-electron chi connectivity index (χ0n) is 16.9. The number of methoxy groups -OCH3 is 1. The molecule has 0 aliphatic heterocycles. The van der Waals surface area contributed by atoms with Crippen LogP contribution in [0, 0.1) is 11.3 Å².